The Bertz CT molecular complexity index is 287. The molecule has 0 spiro atoms. The fourth-order valence-electron chi connectivity index (χ4n) is 1.29. The number of nitrogens with one attached hydrogen (secondary N) is 1. The summed E-state index contributed by atoms with van der Waals surface area (Å²) in [6.07, 6.45) is 1.73. The van der Waals surface area contributed by atoms with Gasteiger partial charge in [0.1, 0.15) is 0 Å². The smallest absolute Gasteiger partial charge is 0.159 e. The molecule has 1 rings (SSSR count). The third-order valence-corrected chi connectivity index (χ3v) is 2.05. The van der Waals surface area contributed by atoms with Gasteiger partial charge in [0.25, 0.3) is 0 Å². The second-order valence-corrected chi connectivity index (χ2v) is 3.21. The van der Waals surface area contributed by atoms with Crippen LogP contribution in [0.3, 0.4) is 0 Å². The first-order valence-electron chi connectivity index (χ1n) is 4.88. The lowest BCUT2D eigenvalue weighted by Gasteiger charge is -2.02. The highest BCUT2D eigenvalue weighted by atomic mass is 19.2. The number of rotatable bonds is 5. The fraction of sp³-hybridized carbons (Fsp3) is 0.455. The van der Waals surface area contributed by atoms with E-state index in [0.29, 0.717) is 0 Å². The standard InChI is InChI=1S/C11H15F2N/c1-2-14-7-3-4-9-5-6-10(12)11(13)8-9/h5-6,8,14H,2-4,7H2,1H3. The SMILES string of the molecule is CCNCCCc1ccc(F)c(F)c1. The van der Waals surface area contributed by atoms with Crippen molar-refractivity contribution in [3.63, 3.8) is 0 Å². The second kappa shape index (κ2) is 5.70. The molecule has 1 aromatic carbocycles. The van der Waals surface area contributed by atoms with Crippen LogP contribution in [0.25, 0.3) is 0 Å². The van der Waals surface area contributed by atoms with E-state index in [1.165, 1.54) is 12.1 Å². The monoisotopic (exact) mass is 199 g/mol. The van der Waals surface area contributed by atoms with Crippen LogP contribution in [-0.4, -0.2) is 13.1 Å². The van der Waals surface area contributed by atoms with E-state index in [9.17, 15) is 8.78 Å². The van der Waals surface area contributed by atoms with Gasteiger partial charge in [-0.15, -0.1) is 0 Å². The molecular weight excluding hydrogens is 184 g/mol. The Morgan fingerprint density at radius 3 is 2.64 bits per heavy atom. The normalized spacial score (nSPS) is 10.5. The van der Waals surface area contributed by atoms with Gasteiger partial charge in [-0.25, -0.2) is 8.78 Å². The van der Waals surface area contributed by atoms with Crippen LogP contribution in [0.2, 0.25) is 0 Å². The van der Waals surface area contributed by atoms with Crippen molar-refractivity contribution in [2.75, 3.05) is 13.1 Å². The Morgan fingerprint density at radius 1 is 1.21 bits per heavy atom. The Labute approximate surface area is 83.1 Å². The van der Waals surface area contributed by atoms with E-state index in [1.54, 1.807) is 6.07 Å². The van der Waals surface area contributed by atoms with E-state index in [4.69, 9.17) is 0 Å². The van der Waals surface area contributed by atoms with Crippen LogP contribution in [0.5, 0.6) is 0 Å². The second-order valence-electron chi connectivity index (χ2n) is 3.21. The van der Waals surface area contributed by atoms with Crippen LogP contribution in [0.4, 0.5) is 8.78 Å². The molecule has 0 unspecified atom stereocenters. The van der Waals surface area contributed by atoms with E-state index < -0.39 is 11.6 Å². The van der Waals surface area contributed by atoms with Gasteiger partial charge in [-0.3, -0.25) is 0 Å². The summed E-state index contributed by atoms with van der Waals surface area (Å²) in [5.74, 6) is -1.54. The van der Waals surface area contributed by atoms with Crippen molar-refractivity contribution in [2.24, 2.45) is 0 Å². The third-order valence-electron chi connectivity index (χ3n) is 2.05. The van der Waals surface area contributed by atoms with Crippen LogP contribution in [0, 0.1) is 11.6 Å². The summed E-state index contributed by atoms with van der Waals surface area (Å²) in [5.41, 5.74) is 0.849. The number of halogens is 2. The lowest BCUT2D eigenvalue weighted by molar-refractivity contribution is 0.506. The molecule has 0 atom stereocenters. The molecule has 1 aromatic rings. The highest BCUT2D eigenvalue weighted by Gasteiger charge is 2.01. The molecule has 14 heavy (non-hydrogen) atoms. The van der Waals surface area contributed by atoms with Crippen molar-refractivity contribution in [1.82, 2.24) is 5.32 Å². The van der Waals surface area contributed by atoms with Crippen molar-refractivity contribution in [3.8, 4) is 0 Å². The highest BCUT2D eigenvalue weighted by Crippen LogP contribution is 2.09. The summed E-state index contributed by atoms with van der Waals surface area (Å²) in [7, 11) is 0. The molecule has 0 aliphatic heterocycles. The van der Waals surface area contributed by atoms with Crippen LogP contribution in [0.1, 0.15) is 18.9 Å². The summed E-state index contributed by atoms with van der Waals surface area (Å²) in [6, 6.07) is 4.07. The van der Waals surface area contributed by atoms with Crippen LogP contribution >= 0.6 is 0 Å². The molecule has 0 radical (unpaired) electrons. The minimum absolute atomic E-state index is 0.758. The average molecular weight is 199 g/mol. The van der Waals surface area contributed by atoms with Gasteiger partial charge in [-0.2, -0.15) is 0 Å². The highest BCUT2D eigenvalue weighted by molar-refractivity contribution is 5.17. The first-order chi connectivity index (χ1) is 6.74. The lowest BCUT2D eigenvalue weighted by atomic mass is 10.1. The molecule has 0 saturated heterocycles. The number of aryl methyl sites for hydroxylation is 1. The van der Waals surface area contributed by atoms with E-state index in [0.717, 1.165) is 31.5 Å². The van der Waals surface area contributed by atoms with Gasteiger partial charge < -0.3 is 5.32 Å². The molecule has 78 valence electrons. The first kappa shape index (κ1) is 11.1. The Morgan fingerprint density at radius 2 is 2.00 bits per heavy atom. The molecule has 0 saturated carbocycles. The number of benzene rings is 1. The van der Waals surface area contributed by atoms with E-state index in [-0.39, 0.29) is 0 Å². The molecule has 0 aliphatic carbocycles. The molecule has 0 amide bonds. The Kier molecular flexibility index (Phi) is 4.53. The van der Waals surface area contributed by atoms with Crippen molar-refractivity contribution < 1.29 is 8.78 Å². The zero-order valence-corrected chi connectivity index (χ0v) is 8.32. The molecule has 0 aliphatic rings. The summed E-state index contributed by atoms with van der Waals surface area (Å²) in [5, 5.41) is 3.18. The van der Waals surface area contributed by atoms with Gasteiger partial charge in [-0.1, -0.05) is 13.0 Å². The van der Waals surface area contributed by atoms with Gasteiger partial charge >= 0.3 is 0 Å². The van der Waals surface area contributed by atoms with Crippen LogP contribution in [-0.2, 0) is 6.42 Å². The number of hydrogen-bond donors (Lipinski definition) is 1. The zero-order valence-electron chi connectivity index (χ0n) is 8.32. The predicted octanol–water partition coefficient (Wildman–Crippen LogP) is 2.51. The molecule has 0 fully saturated rings. The molecular formula is C11H15F2N. The number of hydrogen-bond acceptors (Lipinski definition) is 1. The van der Waals surface area contributed by atoms with E-state index >= 15 is 0 Å². The maximum Gasteiger partial charge on any atom is 0.159 e. The predicted molar refractivity (Wildman–Crippen MR) is 53.2 cm³/mol. The minimum atomic E-state index is -0.777. The van der Waals surface area contributed by atoms with Gasteiger partial charge in [-0.05, 0) is 43.6 Å². The molecule has 0 aromatic heterocycles. The third kappa shape index (κ3) is 3.42. The molecule has 0 heterocycles. The van der Waals surface area contributed by atoms with Crippen LogP contribution in [0.15, 0.2) is 18.2 Å². The topological polar surface area (TPSA) is 12.0 Å². The molecule has 1 N–H and O–H groups in total. The summed E-state index contributed by atoms with van der Waals surface area (Å²) < 4.78 is 25.3. The quantitative estimate of drug-likeness (QED) is 0.718. The maximum atomic E-state index is 12.8. The van der Waals surface area contributed by atoms with E-state index in [1.807, 2.05) is 6.92 Å². The summed E-state index contributed by atoms with van der Waals surface area (Å²) >= 11 is 0. The summed E-state index contributed by atoms with van der Waals surface area (Å²) in [6.45, 7) is 3.89. The Balaban J connectivity index is 2.39. The minimum Gasteiger partial charge on any atom is -0.317 e. The van der Waals surface area contributed by atoms with E-state index in [2.05, 4.69) is 5.32 Å². The fourth-order valence-corrected chi connectivity index (χ4v) is 1.29. The van der Waals surface area contributed by atoms with Gasteiger partial charge in [0.05, 0.1) is 0 Å². The first-order valence-corrected chi connectivity index (χ1v) is 4.88. The lowest BCUT2D eigenvalue weighted by Crippen LogP contribution is -2.14. The van der Waals surface area contributed by atoms with Gasteiger partial charge in [0.2, 0.25) is 0 Å². The zero-order chi connectivity index (χ0) is 10.4. The molecule has 3 heteroatoms. The maximum absolute atomic E-state index is 12.8. The van der Waals surface area contributed by atoms with Crippen molar-refractivity contribution in [2.45, 2.75) is 19.8 Å². The largest absolute Gasteiger partial charge is 0.317 e. The molecule has 0 bridgehead atoms. The summed E-state index contributed by atoms with van der Waals surface area (Å²) in [4.78, 5) is 0. The average Bonchev–Trinajstić information content (AvgIpc) is 2.18. The van der Waals surface area contributed by atoms with Crippen molar-refractivity contribution in [1.29, 1.82) is 0 Å². The van der Waals surface area contributed by atoms with Crippen LogP contribution < -0.4 is 5.32 Å². The Hall–Kier alpha value is -0.960. The van der Waals surface area contributed by atoms with Crippen molar-refractivity contribution in [3.05, 3.63) is 35.4 Å². The van der Waals surface area contributed by atoms with Crippen molar-refractivity contribution >= 4 is 0 Å². The van der Waals surface area contributed by atoms with Gasteiger partial charge in [0.15, 0.2) is 11.6 Å². The van der Waals surface area contributed by atoms with Gasteiger partial charge in [0, 0.05) is 0 Å². The molecule has 1 nitrogen and oxygen atoms in total.